The number of likely N-dealkylation sites (tertiary alicyclic amines) is 1. The normalized spacial score (nSPS) is 18.8. The van der Waals surface area contributed by atoms with Gasteiger partial charge in [-0.15, -0.1) is 46.4 Å². The minimum atomic E-state index is -0.512. The molecule has 8 aromatic heterocycles. The molecule has 0 radical (unpaired) electrons. The van der Waals surface area contributed by atoms with E-state index in [-0.39, 0.29) is 67.7 Å². The lowest BCUT2D eigenvalue weighted by Gasteiger charge is -2.46. The molecule has 0 atom stereocenters. The number of aliphatic hydroxyl groups is 3. The molecule has 2 aromatic carbocycles. The van der Waals surface area contributed by atoms with Crippen molar-refractivity contribution in [2.45, 2.75) is 96.8 Å². The van der Waals surface area contributed by atoms with Gasteiger partial charge in [0.25, 0.3) is 11.8 Å². The van der Waals surface area contributed by atoms with E-state index in [9.17, 15) is 24.6 Å². The number of carbonyl (C=O) groups is 3. The summed E-state index contributed by atoms with van der Waals surface area (Å²) in [6.07, 6.45) is 11.3. The molecule has 14 rings (SSSR count). The highest BCUT2D eigenvalue weighted by atomic mass is 35.5. The number of pyridine rings is 3. The number of hydrogen-bond acceptors (Lipinski definition) is 18. The Morgan fingerprint density at radius 3 is 1.53 bits per heavy atom. The number of ether oxygens (including phenoxy) is 1. The number of rotatable bonds is 12. The summed E-state index contributed by atoms with van der Waals surface area (Å²) in [5.41, 5.74) is 8.62. The maximum absolute atomic E-state index is 13.4. The van der Waals surface area contributed by atoms with Gasteiger partial charge in [-0.1, -0.05) is 30.3 Å². The molecule has 466 valence electrons. The molecule has 2 aliphatic carbocycles. The van der Waals surface area contributed by atoms with Crippen LogP contribution in [-0.4, -0.2) is 110 Å². The van der Waals surface area contributed by atoms with Crippen molar-refractivity contribution in [2.75, 3.05) is 36.8 Å². The molecule has 4 fully saturated rings. The molecule has 90 heavy (non-hydrogen) atoms. The zero-order valence-corrected chi connectivity index (χ0v) is 53.0. The number of para-hydroxylation sites is 4. The van der Waals surface area contributed by atoms with E-state index in [4.69, 9.17) is 29.4 Å². The van der Waals surface area contributed by atoms with E-state index in [0.29, 0.717) is 63.3 Å². The fourth-order valence-corrected chi connectivity index (χ4v) is 14.8. The number of imidazole rings is 2. The van der Waals surface area contributed by atoms with Crippen molar-refractivity contribution in [3.63, 3.8) is 0 Å². The molecule has 2 saturated carbocycles. The maximum Gasteiger partial charge on any atom is 0.410 e. The first-order valence-electron chi connectivity index (χ1n) is 29.2. The lowest BCUT2D eigenvalue weighted by Crippen LogP contribution is -2.43. The fourth-order valence-electron chi connectivity index (χ4n) is 12.3. The van der Waals surface area contributed by atoms with Crippen LogP contribution in [-0.2, 0) is 34.1 Å². The van der Waals surface area contributed by atoms with Gasteiger partial charge in [0.15, 0.2) is 0 Å². The van der Waals surface area contributed by atoms with Gasteiger partial charge in [0.05, 0.1) is 68.7 Å². The smallest absolute Gasteiger partial charge is 0.410 e. The highest BCUT2D eigenvalue weighted by Gasteiger charge is 2.52. The molecule has 2 spiro atoms. The van der Waals surface area contributed by atoms with E-state index in [1.165, 1.54) is 34.0 Å². The molecule has 20 nitrogen and oxygen atoms in total. The first-order valence-corrected chi connectivity index (χ1v) is 31.8. The van der Waals surface area contributed by atoms with Gasteiger partial charge in [-0.25, -0.2) is 14.8 Å². The molecule has 0 unspecified atom stereocenters. The van der Waals surface area contributed by atoms with Crippen LogP contribution in [0.25, 0.3) is 53.4 Å². The fraction of sp³-hybridized carbons (Fsp3) is 0.318. The Hall–Kier alpha value is -8.35. The van der Waals surface area contributed by atoms with E-state index >= 15 is 0 Å². The predicted molar refractivity (Wildman–Crippen MR) is 349 cm³/mol. The monoisotopic (exact) mass is 1290 g/mol. The number of thiophene rings is 3. The van der Waals surface area contributed by atoms with Gasteiger partial charge in [0, 0.05) is 64.9 Å². The van der Waals surface area contributed by atoms with Gasteiger partial charge in [0.2, 0.25) is 11.9 Å². The van der Waals surface area contributed by atoms with Crippen LogP contribution in [0.2, 0.25) is 0 Å². The van der Waals surface area contributed by atoms with Crippen molar-refractivity contribution in [2.24, 2.45) is 10.8 Å². The van der Waals surface area contributed by atoms with Gasteiger partial charge in [-0.05, 0) is 190 Å². The average Bonchev–Trinajstić information content (AvgIpc) is 1.56. The summed E-state index contributed by atoms with van der Waals surface area (Å²) in [7, 11) is 0. The third-order valence-electron chi connectivity index (χ3n) is 16.4. The number of amides is 3. The lowest BCUT2D eigenvalue weighted by molar-refractivity contribution is -0.191. The first-order chi connectivity index (χ1) is 43.1. The molecule has 10 heterocycles. The van der Waals surface area contributed by atoms with Crippen LogP contribution in [0.5, 0.6) is 0 Å². The number of nitrogens with zero attached hydrogens (tertiary/aromatic N) is 8. The summed E-state index contributed by atoms with van der Waals surface area (Å²) in [6, 6.07) is 39.4. The predicted octanol–water partition coefficient (Wildman–Crippen LogP) is 12.2. The second-order valence-electron chi connectivity index (χ2n) is 23.7. The van der Waals surface area contributed by atoms with Crippen molar-refractivity contribution < 1.29 is 44.0 Å². The van der Waals surface area contributed by atoms with Gasteiger partial charge in [-0.2, -0.15) is 9.59 Å². The topological polar surface area (TPSA) is 269 Å². The number of hydrogen-bond donors (Lipinski definition) is 6. The van der Waals surface area contributed by atoms with Crippen LogP contribution in [0.4, 0.5) is 16.7 Å². The zero-order chi connectivity index (χ0) is 62.3. The molecule has 6 N–H and O–H groups in total. The number of fused-ring (bicyclic) bond motifs is 2. The molecule has 10 aromatic rings. The second-order valence-corrected chi connectivity index (χ2v) is 26.8. The van der Waals surface area contributed by atoms with Gasteiger partial charge >= 0.3 is 12.2 Å². The number of halogens is 1. The Morgan fingerprint density at radius 2 is 1.10 bits per heavy atom. The van der Waals surface area contributed by atoms with E-state index in [0.717, 1.165) is 93.7 Å². The van der Waals surface area contributed by atoms with Crippen LogP contribution >= 0.6 is 46.4 Å². The maximum atomic E-state index is 13.4. The van der Waals surface area contributed by atoms with Crippen molar-refractivity contribution in [3.8, 4) is 31.3 Å². The summed E-state index contributed by atoms with van der Waals surface area (Å²) in [6.45, 7) is 9.00. The van der Waals surface area contributed by atoms with Gasteiger partial charge in [0.1, 0.15) is 5.60 Å². The molecule has 2 aliphatic heterocycles. The Morgan fingerprint density at radius 1 is 0.633 bits per heavy atom. The van der Waals surface area contributed by atoms with E-state index < -0.39 is 5.60 Å². The molecule has 24 heteroatoms. The third-order valence-corrected chi connectivity index (χ3v) is 19.6. The number of aliphatic hydroxyl groups excluding tert-OH is 3. The zero-order valence-electron chi connectivity index (χ0n) is 49.7. The minimum absolute atomic E-state index is 0. The number of benzene rings is 2. The second kappa shape index (κ2) is 28.2. The highest BCUT2D eigenvalue weighted by Crippen LogP contribution is 2.56. The Balaban J connectivity index is 0.000000159. The summed E-state index contributed by atoms with van der Waals surface area (Å²) >= 11 is 4.50. The van der Waals surface area contributed by atoms with Crippen LogP contribution in [0.1, 0.15) is 108 Å². The average molecular weight is 1290 g/mol. The number of nitrogens with one attached hydrogen (secondary N) is 3. The van der Waals surface area contributed by atoms with Crippen LogP contribution in [0.3, 0.4) is 0 Å². The quantitative estimate of drug-likeness (QED) is 0.0664. The summed E-state index contributed by atoms with van der Waals surface area (Å²) < 4.78 is 9.97. The molecular formula is C66H68ClN11O9S3. The van der Waals surface area contributed by atoms with Crippen molar-refractivity contribution in [1.29, 1.82) is 0 Å². The Kier molecular flexibility index (Phi) is 20.3. The van der Waals surface area contributed by atoms with E-state index in [1.807, 2.05) is 140 Å². The van der Waals surface area contributed by atoms with Gasteiger partial charge < -0.3 is 39.4 Å². The molecule has 4 aliphatic rings. The number of anilines is 2. The highest BCUT2D eigenvalue weighted by molar-refractivity contribution is 7.17. The lowest BCUT2D eigenvalue weighted by atomic mass is 9.65. The SMILES string of the molecule is CC(C)(C)OC(=O)N1CCC2(CC(n3c(NC(=O)c4ccc(-c5ccnc(CO)c5)s4)nc4ccccc43)C2)C1.Cl.O=C(Nc1nc2ccccc2n1C1CC2(CCNC2)C1)c1ccc(-c2ccnc(CO)c2)s1.O=C=O.OCc1cc(-c2cccs2)ccn1. The Bertz CT molecular complexity index is 4170. The molecule has 3 amide bonds. The largest absolute Gasteiger partial charge is 0.444 e. The number of aromatic nitrogens is 7. The molecular weight excluding hydrogens is 1220 g/mol. The summed E-state index contributed by atoms with van der Waals surface area (Å²) in [5.74, 6) is 0.786. The first kappa shape index (κ1) is 64.6. The van der Waals surface area contributed by atoms with E-state index in [2.05, 4.69) is 52.2 Å². The van der Waals surface area contributed by atoms with Crippen molar-refractivity contribution in [1.82, 2.24) is 44.3 Å². The van der Waals surface area contributed by atoms with Crippen LogP contribution in [0, 0.1) is 10.8 Å². The molecule has 0 bridgehead atoms. The summed E-state index contributed by atoms with van der Waals surface area (Å²) in [4.78, 5) is 83.4. The van der Waals surface area contributed by atoms with Crippen LogP contribution < -0.4 is 16.0 Å². The van der Waals surface area contributed by atoms with Crippen molar-refractivity contribution in [3.05, 3.63) is 172 Å². The number of carbonyl (C=O) groups excluding carboxylic acids is 5. The Labute approximate surface area is 537 Å². The van der Waals surface area contributed by atoms with Crippen molar-refractivity contribution >= 4 is 104 Å². The van der Waals surface area contributed by atoms with E-state index in [1.54, 1.807) is 29.9 Å². The van der Waals surface area contributed by atoms with Crippen LogP contribution in [0.15, 0.2) is 145 Å². The minimum Gasteiger partial charge on any atom is -0.444 e. The van der Waals surface area contributed by atoms with Gasteiger partial charge in [-0.3, -0.25) is 35.2 Å². The standard InChI is InChI=1S/C30H33N5O4S.C25H25N5O2S.C10H9NOS.CO2.ClH/c1-29(2,3)39-28(38)34-13-11-30(18-34)15-21(16-30)35-23-7-5-4-6-22(23)32-27(35)33-26(37)25-9-8-24(40-25)19-10-12-31-20(14-19)17-36;31-14-17-11-16(7-9-27-17)21-5-6-22(33-21)23(32)29-24-28-19-3-1-2-4-20(19)30(24)18-12-25(13-18)8-10-26-15-25;12-7-9-6-8(3-4-11-9)10-2-1-5-13-10;2-1-3;/h4-10,12,14,21,36H,11,13,15-18H2,1-3H3,(H,32,33,37);1-7,9,11,18,26,31H,8,10,12-15H2,(H,28,29,32);1-6,12H,7H2;;1H. The molecule has 2 saturated heterocycles. The third kappa shape index (κ3) is 14.6. The summed E-state index contributed by atoms with van der Waals surface area (Å²) in [5, 5.41) is 39.4.